The molecule has 2 aromatic carbocycles. The van der Waals surface area contributed by atoms with Crippen molar-refractivity contribution in [1.82, 2.24) is 19.9 Å². The van der Waals surface area contributed by atoms with Gasteiger partial charge in [0, 0.05) is 18.2 Å². The summed E-state index contributed by atoms with van der Waals surface area (Å²) in [5, 5.41) is 9.39. The molecule has 40 heavy (non-hydrogen) atoms. The second-order valence-corrected chi connectivity index (χ2v) is 10.8. The molecule has 0 saturated carbocycles. The number of ether oxygens (including phenoxy) is 3. The maximum atomic E-state index is 13.4. The van der Waals surface area contributed by atoms with Crippen LogP contribution in [0.25, 0.3) is 16.4 Å². The normalized spacial score (nSPS) is 11.3. The van der Waals surface area contributed by atoms with Crippen molar-refractivity contribution in [3.63, 3.8) is 0 Å². The summed E-state index contributed by atoms with van der Waals surface area (Å²) in [5.41, 5.74) is 0.803. The molecule has 0 unspecified atom stereocenters. The van der Waals surface area contributed by atoms with E-state index in [0.29, 0.717) is 5.75 Å². The van der Waals surface area contributed by atoms with Gasteiger partial charge in [0.1, 0.15) is 12.4 Å². The maximum absolute atomic E-state index is 13.4. The van der Waals surface area contributed by atoms with Crippen LogP contribution in [0.4, 0.5) is 5.82 Å². The number of para-hydroxylation sites is 2. The second kappa shape index (κ2) is 13.8. The first-order valence-corrected chi connectivity index (χ1v) is 13.4. The zero-order chi connectivity index (χ0) is 28.0. The number of hydrogen-bond acceptors (Lipinski definition) is 10. The van der Waals surface area contributed by atoms with Gasteiger partial charge in [0.25, 0.3) is 5.88 Å². The van der Waals surface area contributed by atoms with Crippen LogP contribution in [0.1, 0.15) is 26.3 Å². The number of rotatable bonds is 10. The van der Waals surface area contributed by atoms with Crippen LogP contribution in [-0.2, 0) is 15.4 Å². The Morgan fingerprint density at radius 2 is 1.55 bits per heavy atom. The topological polar surface area (TPSA) is 148 Å². The van der Waals surface area contributed by atoms with Crippen molar-refractivity contribution in [3.05, 3.63) is 77.3 Å². The Bertz CT molecular complexity index is 1530. The van der Waals surface area contributed by atoms with Gasteiger partial charge in [0.05, 0.1) is 18.6 Å². The first-order chi connectivity index (χ1) is 18.6. The van der Waals surface area contributed by atoms with Crippen molar-refractivity contribution in [3.8, 4) is 34.8 Å². The Kier molecular flexibility index (Phi) is 11.0. The van der Waals surface area contributed by atoms with E-state index in [1.165, 1.54) is 31.6 Å². The van der Waals surface area contributed by atoms with E-state index in [1.807, 2.05) is 20.8 Å². The third kappa shape index (κ3) is 7.75. The molecule has 0 radical (unpaired) electrons. The summed E-state index contributed by atoms with van der Waals surface area (Å²) in [4.78, 5) is 16.9. The maximum Gasteiger partial charge on any atom is 1.00 e. The zero-order valence-electron chi connectivity index (χ0n) is 22.9. The molecule has 0 saturated heterocycles. The van der Waals surface area contributed by atoms with Crippen LogP contribution >= 0.6 is 0 Å². The Morgan fingerprint density at radius 1 is 0.900 bits per heavy atom. The molecule has 0 bridgehead atoms. The molecule has 204 valence electrons. The van der Waals surface area contributed by atoms with Crippen LogP contribution < -0.4 is 65.6 Å². The van der Waals surface area contributed by atoms with Crippen LogP contribution in [0, 0.1) is 0 Å². The molecule has 0 aliphatic heterocycles. The van der Waals surface area contributed by atoms with E-state index in [0.717, 1.165) is 5.56 Å². The molecule has 4 rings (SSSR count). The van der Waals surface area contributed by atoms with E-state index in [2.05, 4.69) is 24.7 Å². The summed E-state index contributed by atoms with van der Waals surface area (Å²) in [6.45, 7) is 5.61. The average molecular weight is 590 g/mol. The Hall–Kier alpha value is -2.65. The molecule has 0 spiro atoms. The molecule has 0 atom stereocenters. The van der Waals surface area contributed by atoms with E-state index in [4.69, 9.17) is 14.2 Å². The van der Waals surface area contributed by atoms with Crippen LogP contribution in [0.2, 0.25) is 0 Å². The van der Waals surface area contributed by atoms with Gasteiger partial charge >= 0.3 is 51.4 Å². The summed E-state index contributed by atoms with van der Waals surface area (Å²) < 4.78 is 47.9. The van der Waals surface area contributed by atoms with Crippen molar-refractivity contribution in [2.75, 3.05) is 20.3 Å². The van der Waals surface area contributed by atoms with E-state index in [9.17, 15) is 13.5 Å². The first kappa shape index (κ1) is 31.9. The molecule has 0 aliphatic carbocycles. The summed E-state index contributed by atoms with van der Waals surface area (Å²) in [6.07, 6.45) is 2.98. The first-order valence-electron chi connectivity index (χ1n) is 11.9. The molecule has 4 aromatic rings. The smallest absolute Gasteiger partial charge is 0.493 e. The molecule has 11 nitrogen and oxygen atoms in total. The van der Waals surface area contributed by atoms with Gasteiger partial charge in [-0.15, -0.1) is 0 Å². The van der Waals surface area contributed by atoms with Crippen molar-refractivity contribution in [2.45, 2.75) is 31.1 Å². The molecular formula is C27H28KN5O6S. The molecule has 1 N–H and O–H groups in total. The van der Waals surface area contributed by atoms with Gasteiger partial charge in [0.2, 0.25) is 10.0 Å². The number of aliphatic hydroxyl groups excluding tert-OH is 1. The van der Waals surface area contributed by atoms with Crippen molar-refractivity contribution in [2.24, 2.45) is 0 Å². The second-order valence-electron chi connectivity index (χ2n) is 9.24. The molecule has 0 amide bonds. The average Bonchev–Trinajstić information content (AvgIpc) is 2.93. The predicted octanol–water partition coefficient (Wildman–Crippen LogP) is 1.80. The minimum Gasteiger partial charge on any atom is -0.493 e. The summed E-state index contributed by atoms with van der Waals surface area (Å²) in [6, 6.07) is 14.8. The zero-order valence-corrected chi connectivity index (χ0v) is 26.8. The number of nitrogens with zero attached hydrogens (tertiary/aromatic N) is 5. The molecular weight excluding hydrogens is 561 g/mol. The van der Waals surface area contributed by atoms with Crippen molar-refractivity contribution < 1.29 is 79.1 Å². The Labute approximate surface area is 275 Å². The largest absolute Gasteiger partial charge is 1.00 e. The van der Waals surface area contributed by atoms with Gasteiger partial charge < -0.3 is 29.0 Å². The van der Waals surface area contributed by atoms with Gasteiger partial charge in [-0.2, -0.15) is 0 Å². The van der Waals surface area contributed by atoms with Crippen LogP contribution in [0.5, 0.6) is 23.1 Å². The standard InChI is InChI=1S/C27H28N5O6S.K/c1-27(2,3)18-10-12-19(13-11-18)39(34,35)32-23-22(38-21-9-6-5-8-20(21)36-4)26(37-17-16-33)31-25(30-23)24-28-14-7-15-29-24;/h5-15,33H,16-17H2,1-4H3;/q-1;+1. The number of aromatic nitrogens is 4. The quantitative estimate of drug-likeness (QED) is 0.272. The summed E-state index contributed by atoms with van der Waals surface area (Å²) in [5.74, 6) is -0.0261. The van der Waals surface area contributed by atoms with E-state index in [1.54, 1.807) is 42.5 Å². The molecule has 2 aromatic heterocycles. The van der Waals surface area contributed by atoms with E-state index >= 15 is 0 Å². The SMILES string of the molecule is COc1ccccc1Oc1c([N-]S(=O)(=O)c2ccc(C(C)(C)C)cc2)nc(-c2ncccn2)nc1OCCO.[K+]. The van der Waals surface area contributed by atoms with Gasteiger partial charge in [-0.3, -0.25) is 0 Å². The van der Waals surface area contributed by atoms with Crippen LogP contribution in [-0.4, -0.2) is 53.8 Å². The van der Waals surface area contributed by atoms with Crippen molar-refractivity contribution in [1.29, 1.82) is 0 Å². The van der Waals surface area contributed by atoms with Gasteiger partial charge in [0.15, 0.2) is 23.1 Å². The van der Waals surface area contributed by atoms with Crippen molar-refractivity contribution >= 4 is 15.8 Å². The molecule has 0 aliphatic rings. The Balaban J connectivity index is 0.00000441. The summed E-state index contributed by atoms with van der Waals surface area (Å²) >= 11 is 0. The fourth-order valence-corrected chi connectivity index (χ4v) is 4.37. The van der Waals surface area contributed by atoms with E-state index < -0.39 is 10.0 Å². The van der Waals surface area contributed by atoms with Gasteiger partial charge in [-0.25, -0.2) is 23.4 Å². The summed E-state index contributed by atoms with van der Waals surface area (Å²) in [7, 11) is -2.80. The third-order valence-corrected chi connectivity index (χ3v) is 6.70. The van der Waals surface area contributed by atoms with E-state index in [-0.39, 0.29) is 110 Å². The number of hydrogen-bond donors (Lipinski definition) is 1. The molecule has 13 heteroatoms. The Morgan fingerprint density at radius 3 is 2.15 bits per heavy atom. The fraction of sp³-hybridized carbons (Fsp3) is 0.259. The fourth-order valence-electron chi connectivity index (χ4n) is 3.43. The molecule has 0 fully saturated rings. The van der Waals surface area contributed by atoms with Crippen LogP contribution in [0.3, 0.4) is 0 Å². The third-order valence-electron chi connectivity index (χ3n) is 5.42. The van der Waals surface area contributed by atoms with Gasteiger partial charge in [-0.1, -0.05) is 45.0 Å². The van der Waals surface area contributed by atoms with Gasteiger partial charge in [-0.05, 0) is 41.3 Å². The predicted molar refractivity (Wildman–Crippen MR) is 144 cm³/mol. The number of sulfonamides is 1. The number of methoxy groups -OCH3 is 1. The minimum atomic E-state index is -4.26. The van der Waals surface area contributed by atoms with Crippen LogP contribution in [0.15, 0.2) is 71.9 Å². The minimum absolute atomic E-state index is 0. The number of benzene rings is 2. The monoisotopic (exact) mass is 589 g/mol. The number of aliphatic hydroxyl groups is 1. The molecule has 2 heterocycles.